The molecule has 1 amide bonds. The molecule has 3 aromatic heterocycles. The highest BCUT2D eigenvalue weighted by molar-refractivity contribution is 5.95. The van der Waals surface area contributed by atoms with E-state index in [0.29, 0.717) is 22.6 Å². The molecule has 0 aliphatic carbocycles. The number of ether oxygens (including phenoxy) is 2. The van der Waals surface area contributed by atoms with Gasteiger partial charge in [0.2, 0.25) is 11.8 Å². The molecule has 0 aliphatic heterocycles. The van der Waals surface area contributed by atoms with Crippen molar-refractivity contribution in [3.63, 3.8) is 0 Å². The summed E-state index contributed by atoms with van der Waals surface area (Å²) >= 11 is 0. The first-order chi connectivity index (χ1) is 19.8. The lowest BCUT2D eigenvalue weighted by Gasteiger charge is -2.19. The summed E-state index contributed by atoms with van der Waals surface area (Å²) in [5, 5.41) is 7.31. The molecule has 0 bridgehead atoms. The summed E-state index contributed by atoms with van der Waals surface area (Å²) in [6.07, 6.45) is -0.738. The maximum Gasteiger partial charge on any atom is 0.434 e. The Balaban J connectivity index is 1.62. The molecule has 0 aliphatic rings. The molecule has 12 heteroatoms. The van der Waals surface area contributed by atoms with Crippen molar-refractivity contribution >= 4 is 23.2 Å². The third-order valence-electron chi connectivity index (χ3n) is 6.06. The Morgan fingerprint density at radius 2 is 1.79 bits per heavy atom. The van der Waals surface area contributed by atoms with Gasteiger partial charge in [-0.3, -0.25) is 4.79 Å². The van der Waals surface area contributed by atoms with Crippen LogP contribution in [0, 0.1) is 12.3 Å². The molecule has 0 saturated carbocycles. The number of pyridine rings is 1. The van der Waals surface area contributed by atoms with Crippen molar-refractivity contribution in [3.8, 4) is 28.4 Å². The summed E-state index contributed by atoms with van der Waals surface area (Å²) in [7, 11) is 0. The molecule has 220 valence electrons. The molecule has 0 unspecified atom stereocenters. The Morgan fingerprint density at radius 1 is 1.02 bits per heavy atom. The SMILES string of the molecule is CCOC(=O)C=CCOc1ccc(-c2ccc3nc(-c4ccc(C)c(NC(=O)C(C)(C)C)c4)cn3n2)c(C(F)(F)F)n1. The predicted molar refractivity (Wildman–Crippen MR) is 151 cm³/mol. The number of anilines is 1. The van der Waals surface area contributed by atoms with Crippen molar-refractivity contribution < 1.29 is 32.2 Å². The second kappa shape index (κ2) is 12.0. The standard InChI is InChI=1S/C30H30F3N5O4/c1-6-41-26(39)8-7-15-42-25-14-11-20(27(36-25)30(31,32)33)21-12-13-24-34-23(17-38(24)37-21)19-10-9-18(2)22(16-19)35-28(40)29(3,4)5/h7-14,16-17H,6,15H2,1-5H3,(H,35,40). The van der Waals surface area contributed by atoms with Gasteiger partial charge in [-0.1, -0.05) is 32.9 Å². The molecule has 42 heavy (non-hydrogen) atoms. The molecular formula is C30H30F3N5O4. The first kappa shape index (κ1) is 30.2. The van der Waals surface area contributed by atoms with Gasteiger partial charge in [0.15, 0.2) is 11.3 Å². The van der Waals surface area contributed by atoms with Crippen LogP contribution in [0.5, 0.6) is 5.88 Å². The normalized spacial score (nSPS) is 12.1. The zero-order chi connectivity index (χ0) is 30.7. The number of hydrogen-bond donors (Lipinski definition) is 1. The van der Waals surface area contributed by atoms with E-state index < -0.39 is 23.3 Å². The molecule has 0 atom stereocenters. The quantitative estimate of drug-likeness (QED) is 0.193. The van der Waals surface area contributed by atoms with Gasteiger partial charge in [0.1, 0.15) is 6.61 Å². The van der Waals surface area contributed by atoms with Crippen LogP contribution in [-0.4, -0.2) is 44.7 Å². The Morgan fingerprint density at radius 3 is 2.48 bits per heavy atom. The van der Waals surface area contributed by atoms with Crippen molar-refractivity contribution in [2.45, 2.75) is 40.8 Å². The molecule has 0 saturated heterocycles. The highest BCUT2D eigenvalue weighted by Crippen LogP contribution is 2.36. The number of rotatable bonds is 8. The summed E-state index contributed by atoms with van der Waals surface area (Å²) in [4.78, 5) is 32.1. The van der Waals surface area contributed by atoms with Crippen LogP contribution in [0.3, 0.4) is 0 Å². The van der Waals surface area contributed by atoms with E-state index in [1.165, 1.54) is 28.8 Å². The molecular weight excluding hydrogens is 551 g/mol. The maximum atomic E-state index is 14.0. The third kappa shape index (κ3) is 7.12. The first-order valence-corrected chi connectivity index (χ1v) is 13.1. The lowest BCUT2D eigenvalue weighted by Crippen LogP contribution is -2.27. The minimum atomic E-state index is -4.79. The fourth-order valence-electron chi connectivity index (χ4n) is 3.80. The lowest BCUT2D eigenvalue weighted by molar-refractivity contribution is -0.141. The molecule has 1 N–H and O–H groups in total. The molecule has 9 nitrogen and oxygen atoms in total. The van der Waals surface area contributed by atoms with Gasteiger partial charge in [0, 0.05) is 34.4 Å². The van der Waals surface area contributed by atoms with Gasteiger partial charge in [-0.2, -0.15) is 18.3 Å². The smallest absolute Gasteiger partial charge is 0.434 e. The first-order valence-electron chi connectivity index (χ1n) is 13.1. The summed E-state index contributed by atoms with van der Waals surface area (Å²) in [5.41, 5.74) is 1.20. The molecule has 4 rings (SSSR count). The van der Waals surface area contributed by atoms with E-state index >= 15 is 0 Å². The van der Waals surface area contributed by atoms with E-state index in [4.69, 9.17) is 9.47 Å². The Labute approximate surface area is 240 Å². The van der Waals surface area contributed by atoms with E-state index in [0.717, 1.165) is 11.6 Å². The van der Waals surface area contributed by atoms with Crippen LogP contribution in [0.15, 0.2) is 60.8 Å². The predicted octanol–water partition coefficient (Wildman–Crippen LogP) is 6.27. The number of nitrogens with one attached hydrogen (secondary N) is 1. The van der Waals surface area contributed by atoms with Crippen molar-refractivity contribution in [3.05, 3.63) is 72.1 Å². The minimum absolute atomic E-state index is 0.0297. The van der Waals surface area contributed by atoms with Gasteiger partial charge in [-0.25, -0.2) is 19.3 Å². The molecule has 0 fully saturated rings. The van der Waals surface area contributed by atoms with Crippen molar-refractivity contribution in [2.24, 2.45) is 5.41 Å². The van der Waals surface area contributed by atoms with E-state index in [1.54, 1.807) is 25.3 Å². The summed E-state index contributed by atoms with van der Waals surface area (Å²) in [6.45, 7) is 9.01. The van der Waals surface area contributed by atoms with Crippen molar-refractivity contribution in [1.29, 1.82) is 0 Å². The average molecular weight is 582 g/mol. The van der Waals surface area contributed by atoms with Gasteiger partial charge < -0.3 is 14.8 Å². The number of hydrogen-bond acceptors (Lipinski definition) is 7. The molecule has 0 spiro atoms. The van der Waals surface area contributed by atoms with E-state index in [-0.39, 0.29) is 36.3 Å². The zero-order valence-electron chi connectivity index (χ0n) is 23.7. The van der Waals surface area contributed by atoms with Crippen LogP contribution in [-0.2, 0) is 20.5 Å². The van der Waals surface area contributed by atoms with Gasteiger partial charge in [0.25, 0.3) is 0 Å². The lowest BCUT2D eigenvalue weighted by atomic mass is 9.95. The molecule has 1 aromatic carbocycles. The Kier molecular flexibility index (Phi) is 8.64. The summed E-state index contributed by atoms with van der Waals surface area (Å²) in [5.74, 6) is -0.985. The number of carbonyl (C=O) groups excluding carboxylic acids is 2. The summed E-state index contributed by atoms with van der Waals surface area (Å²) in [6, 6.07) is 11.0. The molecule has 0 radical (unpaired) electrons. The number of fused-ring (bicyclic) bond motifs is 1. The van der Waals surface area contributed by atoms with Gasteiger partial charge in [-0.15, -0.1) is 0 Å². The van der Waals surface area contributed by atoms with E-state index in [2.05, 4.69) is 20.4 Å². The number of esters is 1. The number of halogens is 3. The third-order valence-corrected chi connectivity index (χ3v) is 6.06. The van der Waals surface area contributed by atoms with Gasteiger partial charge in [-0.05, 0) is 49.8 Å². The molecule has 4 aromatic rings. The monoisotopic (exact) mass is 581 g/mol. The highest BCUT2D eigenvalue weighted by atomic mass is 19.4. The van der Waals surface area contributed by atoms with Crippen LogP contribution < -0.4 is 10.1 Å². The van der Waals surface area contributed by atoms with Crippen molar-refractivity contribution in [1.82, 2.24) is 19.6 Å². The minimum Gasteiger partial charge on any atom is -0.473 e. The average Bonchev–Trinajstić information content (AvgIpc) is 3.35. The van der Waals surface area contributed by atoms with Crippen LogP contribution >= 0.6 is 0 Å². The van der Waals surface area contributed by atoms with Crippen LogP contribution in [0.25, 0.3) is 28.2 Å². The number of benzene rings is 1. The van der Waals surface area contributed by atoms with Crippen LogP contribution in [0.1, 0.15) is 39.0 Å². The fourth-order valence-corrected chi connectivity index (χ4v) is 3.80. The number of alkyl halides is 3. The number of imidazole rings is 1. The van der Waals surface area contributed by atoms with E-state index in [1.807, 2.05) is 39.8 Å². The van der Waals surface area contributed by atoms with E-state index in [9.17, 15) is 22.8 Å². The number of aromatic nitrogens is 4. The number of aryl methyl sites for hydroxylation is 1. The number of carbonyl (C=O) groups is 2. The zero-order valence-corrected chi connectivity index (χ0v) is 23.7. The highest BCUT2D eigenvalue weighted by Gasteiger charge is 2.37. The van der Waals surface area contributed by atoms with Gasteiger partial charge in [0.05, 0.1) is 24.2 Å². The fraction of sp³-hybridized carbons (Fsp3) is 0.300. The maximum absolute atomic E-state index is 14.0. The number of amides is 1. The number of nitrogens with zero attached hydrogens (tertiary/aromatic N) is 4. The molecule has 3 heterocycles. The Bertz CT molecular complexity index is 1660. The largest absolute Gasteiger partial charge is 0.473 e. The van der Waals surface area contributed by atoms with Gasteiger partial charge >= 0.3 is 12.1 Å². The second-order valence-corrected chi connectivity index (χ2v) is 10.4. The van der Waals surface area contributed by atoms with Crippen molar-refractivity contribution in [2.75, 3.05) is 18.5 Å². The second-order valence-electron chi connectivity index (χ2n) is 10.4. The Hall–Kier alpha value is -4.74. The van der Waals surface area contributed by atoms with Crippen LogP contribution in [0.2, 0.25) is 0 Å². The topological polar surface area (TPSA) is 108 Å². The van der Waals surface area contributed by atoms with Crippen LogP contribution in [0.4, 0.5) is 18.9 Å². The summed E-state index contributed by atoms with van der Waals surface area (Å²) < 4.78 is 53.4.